The van der Waals surface area contributed by atoms with E-state index in [1.165, 1.54) is 0 Å². The molecule has 1 amide bonds. The molecule has 1 aliphatic heterocycles. The molecule has 1 aromatic carbocycles. The number of nitrogen functional groups attached to an aromatic ring is 1. The summed E-state index contributed by atoms with van der Waals surface area (Å²) in [5, 5.41) is 10.4. The van der Waals surface area contributed by atoms with Crippen LogP contribution in [0.15, 0.2) is 41.2 Å². The lowest BCUT2D eigenvalue weighted by Crippen LogP contribution is -2.42. The minimum Gasteiger partial charge on any atom is -0.439 e. The number of rotatable bonds is 8. The first-order chi connectivity index (χ1) is 17.8. The lowest BCUT2D eigenvalue weighted by Gasteiger charge is -2.40. The fraction of sp³-hybridized carbons (Fsp3) is 0.348. The number of fused-ring (bicyclic) bond motifs is 1. The van der Waals surface area contributed by atoms with E-state index in [-0.39, 0.29) is 11.7 Å². The van der Waals surface area contributed by atoms with Crippen LogP contribution in [-0.2, 0) is 6.54 Å². The quantitative estimate of drug-likeness (QED) is 0.264. The van der Waals surface area contributed by atoms with E-state index in [0.29, 0.717) is 78.5 Å². The molecule has 0 bridgehead atoms. The van der Waals surface area contributed by atoms with E-state index < -0.39 is 10.6 Å². The van der Waals surface area contributed by atoms with Gasteiger partial charge in [-0.25, -0.2) is 14.6 Å². The zero-order chi connectivity index (χ0) is 26.0. The van der Waals surface area contributed by atoms with Gasteiger partial charge in [0, 0.05) is 44.4 Å². The molecule has 3 aromatic heterocycles. The predicted octanol–water partition coefficient (Wildman–Crippen LogP) is 2.67. The third-order valence-corrected chi connectivity index (χ3v) is 7.83. The SMILES string of the molecule is CCn1c(-c2nonc2N)nc2cnc(Oc3cccc(C(=O)NCCN4CCS(O)(O)CC4)c3)cc21. The number of hydrogen-bond donors (Lipinski definition) is 4. The number of ether oxygens (including phenoxy) is 1. The molecule has 0 unspecified atom stereocenters. The maximum atomic E-state index is 12.7. The summed E-state index contributed by atoms with van der Waals surface area (Å²) in [6.07, 6.45) is 1.60. The van der Waals surface area contributed by atoms with Crippen molar-refractivity contribution in [3.05, 3.63) is 42.1 Å². The van der Waals surface area contributed by atoms with Crippen LogP contribution in [0.4, 0.5) is 5.82 Å². The Kier molecular flexibility index (Phi) is 6.97. The Bertz CT molecular complexity index is 1410. The molecule has 0 saturated carbocycles. The van der Waals surface area contributed by atoms with Crippen molar-refractivity contribution in [3.8, 4) is 23.1 Å². The highest BCUT2D eigenvalue weighted by atomic mass is 32.3. The van der Waals surface area contributed by atoms with Crippen LogP contribution in [0.1, 0.15) is 17.3 Å². The van der Waals surface area contributed by atoms with Gasteiger partial charge in [0.2, 0.25) is 5.88 Å². The van der Waals surface area contributed by atoms with Crippen LogP contribution in [0.25, 0.3) is 22.6 Å². The molecule has 0 aliphatic carbocycles. The second-order valence-electron chi connectivity index (χ2n) is 8.63. The maximum Gasteiger partial charge on any atom is 0.251 e. The second-order valence-corrected chi connectivity index (χ2v) is 11.0. The van der Waals surface area contributed by atoms with Crippen molar-refractivity contribution in [2.45, 2.75) is 13.5 Å². The first-order valence-electron chi connectivity index (χ1n) is 11.8. The number of aromatic nitrogens is 5. The van der Waals surface area contributed by atoms with E-state index in [9.17, 15) is 13.9 Å². The van der Waals surface area contributed by atoms with Gasteiger partial charge in [0.05, 0.1) is 23.2 Å². The van der Waals surface area contributed by atoms with Crippen molar-refractivity contribution in [1.29, 1.82) is 0 Å². The summed E-state index contributed by atoms with van der Waals surface area (Å²) in [6.45, 7) is 4.88. The van der Waals surface area contributed by atoms with Gasteiger partial charge in [-0.1, -0.05) is 6.07 Å². The molecule has 5 rings (SSSR count). The van der Waals surface area contributed by atoms with E-state index in [2.05, 4.69) is 30.5 Å². The summed E-state index contributed by atoms with van der Waals surface area (Å²) in [6, 6.07) is 8.62. The number of aryl methyl sites for hydroxylation is 1. The summed E-state index contributed by atoms with van der Waals surface area (Å²) >= 11 is 0. The topological polar surface area (TPSA) is 178 Å². The largest absolute Gasteiger partial charge is 0.439 e. The van der Waals surface area contributed by atoms with E-state index in [1.807, 2.05) is 11.5 Å². The van der Waals surface area contributed by atoms with Gasteiger partial charge in [-0.05, 0) is 35.4 Å². The van der Waals surface area contributed by atoms with E-state index in [1.54, 1.807) is 36.5 Å². The molecule has 0 radical (unpaired) electrons. The number of hydrogen-bond acceptors (Lipinski definition) is 11. The van der Waals surface area contributed by atoms with Crippen molar-refractivity contribution >= 4 is 33.3 Å². The molecule has 5 N–H and O–H groups in total. The van der Waals surface area contributed by atoms with Gasteiger partial charge in [-0.2, -0.15) is 10.6 Å². The molecular weight excluding hydrogens is 500 g/mol. The number of benzene rings is 1. The average Bonchev–Trinajstić information content (AvgIpc) is 3.47. The third kappa shape index (κ3) is 5.51. The predicted molar refractivity (Wildman–Crippen MR) is 139 cm³/mol. The summed E-state index contributed by atoms with van der Waals surface area (Å²) in [7, 11) is -2.42. The molecule has 1 saturated heterocycles. The van der Waals surface area contributed by atoms with Crippen LogP contribution in [0.5, 0.6) is 11.6 Å². The van der Waals surface area contributed by atoms with Crippen molar-refractivity contribution in [3.63, 3.8) is 0 Å². The zero-order valence-corrected chi connectivity index (χ0v) is 21.0. The number of nitrogens with one attached hydrogen (secondary N) is 1. The Morgan fingerprint density at radius 1 is 1.24 bits per heavy atom. The highest BCUT2D eigenvalue weighted by molar-refractivity contribution is 8.24. The van der Waals surface area contributed by atoms with Crippen LogP contribution < -0.4 is 15.8 Å². The second kappa shape index (κ2) is 10.3. The summed E-state index contributed by atoms with van der Waals surface area (Å²) in [4.78, 5) is 23.7. The Hall–Kier alpha value is -3.72. The van der Waals surface area contributed by atoms with Crippen molar-refractivity contribution in [1.82, 2.24) is 35.1 Å². The Morgan fingerprint density at radius 2 is 2.05 bits per heavy atom. The third-order valence-electron chi connectivity index (χ3n) is 6.15. The van der Waals surface area contributed by atoms with Crippen molar-refractivity contribution < 1.29 is 23.3 Å². The van der Waals surface area contributed by atoms with Gasteiger partial charge < -0.3 is 20.4 Å². The fourth-order valence-corrected chi connectivity index (χ4v) is 5.46. The minimum atomic E-state index is -2.42. The standard InChI is InChI=1S/C23H28N8O5S/c1-2-31-18-13-19(26-14-17(18)27-22(31)20-21(24)29-36-28-20)35-16-5-3-4-15(12-16)23(32)25-6-7-30-8-10-37(33,34)11-9-30/h3-5,12-14,33-34H,2,6-11H2,1H3,(H2,24,29)(H,25,32). The first kappa shape index (κ1) is 25.0. The Balaban J connectivity index is 1.25. The lowest BCUT2D eigenvalue weighted by atomic mass is 10.2. The van der Waals surface area contributed by atoms with Crippen LogP contribution in [-0.4, -0.2) is 82.4 Å². The van der Waals surface area contributed by atoms with Gasteiger partial charge in [0.25, 0.3) is 5.91 Å². The number of nitrogens with two attached hydrogens (primary N) is 1. The molecule has 4 aromatic rings. The van der Waals surface area contributed by atoms with Crippen molar-refractivity contribution in [2.24, 2.45) is 0 Å². The van der Waals surface area contributed by atoms with Crippen LogP contribution in [0, 0.1) is 0 Å². The van der Waals surface area contributed by atoms with E-state index in [0.717, 1.165) is 5.52 Å². The summed E-state index contributed by atoms with van der Waals surface area (Å²) < 4.78 is 32.0. The molecule has 1 fully saturated rings. The van der Waals surface area contributed by atoms with Gasteiger partial charge >= 0.3 is 0 Å². The normalized spacial score (nSPS) is 16.5. The summed E-state index contributed by atoms with van der Waals surface area (Å²) in [5.74, 6) is 2.02. The summed E-state index contributed by atoms with van der Waals surface area (Å²) in [5.41, 5.74) is 8.08. The van der Waals surface area contributed by atoms with Gasteiger partial charge in [-0.3, -0.25) is 18.8 Å². The number of carbonyl (C=O) groups excluding carboxylic acids is 1. The smallest absolute Gasteiger partial charge is 0.251 e. The average molecular weight is 529 g/mol. The fourth-order valence-electron chi connectivity index (χ4n) is 4.16. The van der Waals surface area contributed by atoms with Crippen LogP contribution in [0.3, 0.4) is 0 Å². The molecule has 0 atom stereocenters. The van der Waals surface area contributed by atoms with Crippen LogP contribution in [0.2, 0.25) is 0 Å². The molecule has 13 nitrogen and oxygen atoms in total. The maximum absolute atomic E-state index is 12.7. The Morgan fingerprint density at radius 3 is 2.78 bits per heavy atom. The van der Waals surface area contributed by atoms with Gasteiger partial charge in [-0.15, -0.1) is 0 Å². The number of imidazole rings is 1. The Labute approximate surface area is 213 Å². The number of nitrogens with zero attached hydrogens (tertiary/aromatic N) is 6. The molecule has 14 heteroatoms. The highest BCUT2D eigenvalue weighted by Crippen LogP contribution is 2.40. The minimum absolute atomic E-state index is 0.152. The molecule has 0 spiro atoms. The molecule has 37 heavy (non-hydrogen) atoms. The molecule has 4 heterocycles. The van der Waals surface area contributed by atoms with Crippen molar-refractivity contribution in [2.75, 3.05) is 43.4 Å². The molecule has 1 aliphatic rings. The number of pyridine rings is 1. The zero-order valence-electron chi connectivity index (χ0n) is 20.2. The number of amides is 1. The first-order valence-corrected chi connectivity index (χ1v) is 13.7. The van der Waals surface area contributed by atoms with Gasteiger partial charge in [0.1, 0.15) is 11.3 Å². The lowest BCUT2D eigenvalue weighted by molar-refractivity contribution is 0.0948. The number of anilines is 1. The van der Waals surface area contributed by atoms with E-state index >= 15 is 0 Å². The van der Waals surface area contributed by atoms with Crippen LogP contribution >= 0.6 is 10.6 Å². The number of carbonyl (C=O) groups is 1. The molecule has 196 valence electrons. The molecular formula is C23H28N8O5S. The monoisotopic (exact) mass is 528 g/mol. The van der Waals surface area contributed by atoms with E-state index in [4.69, 9.17) is 15.1 Å². The van der Waals surface area contributed by atoms with Gasteiger partial charge in [0.15, 0.2) is 17.3 Å². The highest BCUT2D eigenvalue weighted by Gasteiger charge is 2.22.